The summed E-state index contributed by atoms with van der Waals surface area (Å²) in [5, 5.41) is 3.51. The van der Waals surface area contributed by atoms with E-state index in [2.05, 4.69) is 26.8 Å². The zero-order valence-electron chi connectivity index (χ0n) is 26.7. The van der Waals surface area contributed by atoms with Gasteiger partial charge in [0.15, 0.2) is 5.82 Å². The Morgan fingerprint density at radius 3 is 2.65 bits per heavy atom. The first-order valence-corrected chi connectivity index (χ1v) is 16.3. The molecule has 0 unspecified atom stereocenters. The van der Waals surface area contributed by atoms with Crippen LogP contribution in [0, 0.1) is 24.1 Å². The molecule has 5 atom stereocenters. The summed E-state index contributed by atoms with van der Waals surface area (Å²) in [4.78, 5) is 17.1. The maximum absolute atomic E-state index is 17.0. The molecule has 0 amide bonds. The van der Waals surface area contributed by atoms with E-state index in [1.165, 1.54) is 13.8 Å². The number of benzene rings is 1. The first-order chi connectivity index (χ1) is 22.6. The maximum Gasteiger partial charge on any atom is 0.418 e. The lowest BCUT2D eigenvalue weighted by molar-refractivity contribution is -0.137. The van der Waals surface area contributed by atoms with E-state index < -0.39 is 46.6 Å². The Morgan fingerprint density at radius 1 is 1.19 bits per heavy atom. The highest BCUT2D eigenvalue weighted by Crippen LogP contribution is 2.51. The molecule has 6 heterocycles. The molecule has 258 valence electrons. The van der Waals surface area contributed by atoms with E-state index in [1.54, 1.807) is 0 Å². The van der Waals surface area contributed by atoms with Gasteiger partial charge in [-0.1, -0.05) is 25.1 Å². The number of hydrogen-bond donors (Lipinski definition) is 2. The van der Waals surface area contributed by atoms with Crippen molar-refractivity contribution in [3.05, 3.63) is 40.2 Å². The first kappa shape index (κ1) is 33.2. The monoisotopic (exact) mass is 695 g/mol. The standard InChI is InChI=1S/C33H36ClF6N7O/c1-14-9-19-18-6-5-17(42-18)12-47(19)29-22-21(14)25(34)23(27-24(33(38,39)40)15(2)10-20(41)43-27)26(35)28(22)44-31(45-29)48-13-16-11-46(4)8-7-32(16,3)30(36)37/h10,16-19,30,42H,1,5-9,11-13H2,2-4H3,(H2,41,43)/t16-,17-,18+,19-,32-/m1/s1. The summed E-state index contributed by atoms with van der Waals surface area (Å²) in [5.74, 6) is -1.70. The van der Waals surface area contributed by atoms with E-state index >= 15 is 4.39 Å². The number of piperidine rings is 1. The normalized spacial score (nSPS) is 27.5. The molecule has 3 fully saturated rings. The third kappa shape index (κ3) is 5.25. The van der Waals surface area contributed by atoms with E-state index in [9.17, 15) is 22.0 Å². The molecule has 3 saturated heterocycles. The Labute approximate surface area is 278 Å². The van der Waals surface area contributed by atoms with Crippen molar-refractivity contribution in [1.82, 2.24) is 25.2 Å². The molecule has 0 aliphatic carbocycles. The molecule has 1 aromatic carbocycles. The van der Waals surface area contributed by atoms with Gasteiger partial charge < -0.3 is 25.6 Å². The highest BCUT2D eigenvalue weighted by atomic mass is 35.5. The van der Waals surface area contributed by atoms with Gasteiger partial charge >= 0.3 is 12.2 Å². The molecule has 0 radical (unpaired) electrons. The van der Waals surface area contributed by atoms with Gasteiger partial charge in [0.05, 0.1) is 33.8 Å². The number of anilines is 2. The number of alkyl halides is 5. The number of rotatable bonds is 5. The molecule has 3 aromatic rings. The fraction of sp³-hybridized carbons (Fsp3) is 0.545. The Hall–Kier alpha value is -3.36. The SMILES string of the molecule is C=C1C[C@@H]2[C@@H]3CC[C@H](CN2c2nc(OC[C@H]4CN(C)CC[C@@]4(C)C(F)F)nc4c(F)c(-c5nc(N)cc(C)c5C(F)(F)F)c(Cl)c1c24)N3. The number of aromatic nitrogens is 3. The van der Waals surface area contributed by atoms with Crippen LogP contribution in [0.4, 0.5) is 38.0 Å². The largest absolute Gasteiger partial charge is 0.463 e. The summed E-state index contributed by atoms with van der Waals surface area (Å²) in [6.07, 6.45) is -5.11. The number of pyridine rings is 1. The lowest BCUT2D eigenvalue weighted by Gasteiger charge is -2.44. The summed E-state index contributed by atoms with van der Waals surface area (Å²) < 4.78 is 95.2. The van der Waals surface area contributed by atoms with Gasteiger partial charge in [-0.3, -0.25) is 0 Å². The molecule has 2 aromatic heterocycles. The number of nitrogens with two attached hydrogens (primary N) is 1. The van der Waals surface area contributed by atoms with Crippen LogP contribution in [0.5, 0.6) is 6.01 Å². The molecule has 4 aliphatic heterocycles. The number of likely N-dealkylation sites (tertiary alicyclic amines) is 1. The van der Waals surface area contributed by atoms with Crippen molar-refractivity contribution in [2.75, 3.05) is 43.9 Å². The molecule has 0 saturated carbocycles. The van der Waals surface area contributed by atoms with E-state index in [0.29, 0.717) is 37.4 Å². The zero-order valence-corrected chi connectivity index (χ0v) is 27.5. The number of hydrogen-bond acceptors (Lipinski definition) is 8. The number of nitrogens with one attached hydrogen (secondary N) is 1. The zero-order chi connectivity index (χ0) is 34.4. The topological polar surface area (TPSA) is 92.4 Å². The molecule has 7 rings (SSSR count). The smallest absolute Gasteiger partial charge is 0.418 e. The quantitative estimate of drug-likeness (QED) is 0.285. The minimum atomic E-state index is -4.92. The minimum Gasteiger partial charge on any atom is -0.463 e. The molecule has 48 heavy (non-hydrogen) atoms. The fourth-order valence-corrected chi connectivity index (χ4v) is 8.47. The Balaban J connectivity index is 1.45. The van der Waals surface area contributed by atoms with Gasteiger partial charge in [0.1, 0.15) is 17.2 Å². The van der Waals surface area contributed by atoms with Crippen LogP contribution in [0.1, 0.15) is 49.3 Å². The molecule has 3 N–H and O–H groups in total. The van der Waals surface area contributed by atoms with Crippen molar-refractivity contribution in [2.45, 2.75) is 70.3 Å². The molecule has 8 nitrogen and oxygen atoms in total. The van der Waals surface area contributed by atoms with Crippen LogP contribution >= 0.6 is 11.6 Å². The molecule has 0 spiro atoms. The van der Waals surface area contributed by atoms with Gasteiger partial charge in [-0.25, -0.2) is 18.2 Å². The third-order valence-corrected chi connectivity index (χ3v) is 11.2. The summed E-state index contributed by atoms with van der Waals surface area (Å²) in [5.41, 5.74) is 2.14. The summed E-state index contributed by atoms with van der Waals surface area (Å²) in [7, 11) is 1.84. The Kier molecular flexibility index (Phi) is 8.02. The van der Waals surface area contributed by atoms with E-state index in [-0.39, 0.29) is 70.0 Å². The molecule has 4 aliphatic rings. The van der Waals surface area contributed by atoms with Gasteiger partial charge in [-0.2, -0.15) is 23.1 Å². The molecule has 2 bridgehead atoms. The number of nitrogen functional groups attached to an aromatic ring is 1. The Bertz CT molecular complexity index is 1820. The molecular weight excluding hydrogens is 660 g/mol. The van der Waals surface area contributed by atoms with E-state index in [1.807, 2.05) is 11.9 Å². The molecular formula is C33H36ClF6N7O. The van der Waals surface area contributed by atoms with Gasteiger partial charge in [0.2, 0.25) is 6.43 Å². The Morgan fingerprint density at radius 2 is 1.94 bits per heavy atom. The van der Waals surface area contributed by atoms with Crippen molar-refractivity contribution in [3.8, 4) is 17.3 Å². The highest BCUT2D eigenvalue weighted by molar-refractivity contribution is 6.37. The van der Waals surface area contributed by atoms with Crippen molar-refractivity contribution < 1.29 is 31.1 Å². The van der Waals surface area contributed by atoms with Crippen molar-refractivity contribution in [1.29, 1.82) is 0 Å². The minimum absolute atomic E-state index is 0.0480. The van der Waals surface area contributed by atoms with Crippen LogP contribution in [0.25, 0.3) is 27.7 Å². The number of fused-ring (bicyclic) bond motifs is 5. The van der Waals surface area contributed by atoms with Crippen LogP contribution in [-0.2, 0) is 6.18 Å². The predicted molar refractivity (Wildman–Crippen MR) is 172 cm³/mol. The van der Waals surface area contributed by atoms with Gasteiger partial charge in [0, 0.05) is 48.1 Å². The molecule has 15 heteroatoms. The average Bonchev–Trinajstić information content (AvgIpc) is 3.34. The number of nitrogens with zero attached hydrogens (tertiary/aromatic N) is 5. The van der Waals surface area contributed by atoms with Gasteiger partial charge in [0.25, 0.3) is 0 Å². The number of piperazine rings is 1. The second-order valence-corrected chi connectivity index (χ2v) is 14.3. The lowest BCUT2D eigenvalue weighted by Crippen LogP contribution is -2.58. The highest BCUT2D eigenvalue weighted by Gasteiger charge is 2.47. The lowest BCUT2D eigenvalue weighted by atomic mass is 9.72. The van der Waals surface area contributed by atoms with Crippen molar-refractivity contribution in [3.63, 3.8) is 0 Å². The first-order valence-electron chi connectivity index (χ1n) is 16.0. The maximum atomic E-state index is 17.0. The summed E-state index contributed by atoms with van der Waals surface area (Å²) in [6, 6.07) is 0.797. The second kappa shape index (κ2) is 11.6. The van der Waals surface area contributed by atoms with E-state index in [0.717, 1.165) is 18.9 Å². The number of halogens is 7. The predicted octanol–water partition coefficient (Wildman–Crippen LogP) is 6.72. The van der Waals surface area contributed by atoms with Crippen LogP contribution < -0.4 is 20.7 Å². The van der Waals surface area contributed by atoms with Crippen molar-refractivity contribution in [2.24, 2.45) is 11.3 Å². The summed E-state index contributed by atoms with van der Waals surface area (Å²) >= 11 is 6.94. The van der Waals surface area contributed by atoms with Gasteiger partial charge in [-0.05, 0) is 63.4 Å². The van der Waals surface area contributed by atoms with Crippen LogP contribution in [0.2, 0.25) is 5.02 Å². The number of ether oxygens (including phenoxy) is 1. The van der Waals surface area contributed by atoms with Crippen molar-refractivity contribution >= 4 is 39.7 Å². The number of aryl methyl sites for hydroxylation is 1. The fourth-order valence-electron chi connectivity index (χ4n) is 8.07. The van der Waals surface area contributed by atoms with Gasteiger partial charge in [-0.15, -0.1) is 0 Å². The second-order valence-electron chi connectivity index (χ2n) is 13.9. The van der Waals surface area contributed by atoms with E-state index in [4.69, 9.17) is 27.1 Å². The van der Waals surface area contributed by atoms with Crippen LogP contribution in [0.15, 0.2) is 12.6 Å². The summed E-state index contributed by atoms with van der Waals surface area (Å²) in [6.45, 7) is 8.19. The van der Waals surface area contributed by atoms with Crippen LogP contribution in [-0.4, -0.2) is 77.7 Å². The van der Waals surface area contributed by atoms with Crippen LogP contribution in [0.3, 0.4) is 0 Å². The average molecular weight is 696 g/mol. The third-order valence-electron chi connectivity index (χ3n) is 10.8.